The van der Waals surface area contributed by atoms with Crippen molar-refractivity contribution in [3.63, 3.8) is 0 Å². The van der Waals surface area contributed by atoms with Crippen molar-refractivity contribution in [2.24, 2.45) is 0 Å². The van der Waals surface area contributed by atoms with Crippen LogP contribution in [0.1, 0.15) is 10.4 Å². The molecule has 1 heterocycles. The minimum atomic E-state index is -0.486. The molecule has 8 heteroatoms. The van der Waals surface area contributed by atoms with Crippen LogP contribution >= 0.6 is 0 Å². The van der Waals surface area contributed by atoms with E-state index in [1.807, 2.05) is 0 Å². The molecule has 0 radical (unpaired) electrons. The van der Waals surface area contributed by atoms with Gasteiger partial charge in [-0.15, -0.1) is 5.10 Å². The number of anilines is 1. The molecule has 0 saturated carbocycles. The molecule has 0 spiro atoms. The molecule has 1 N–H and O–H groups in total. The largest absolute Gasteiger partial charge is 0.497 e. The molecule has 1 aromatic heterocycles. The average Bonchev–Trinajstić information content (AvgIpc) is 3.15. The second-order valence-electron chi connectivity index (χ2n) is 5.14. The zero-order chi connectivity index (χ0) is 18.5. The van der Waals surface area contributed by atoms with Crippen LogP contribution in [0.15, 0.2) is 46.9 Å². The first-order chi connectivity index (χ1) is 12.7. The fourth-order valence-electron chi connectivity index (χ4n) is 2.38. The number of nitrogens with one attached hydrogen (secondary N) is 1. The Morgan fingerprint density at radius 3 is 2.31 bits per heavy atom. The second kappa shape index (κ2) is 7.56. The van der Waals surface area contributed by atoms with Gasteiger partial charge in [-0.25, -0.2) is 0 Å². The molecule has 1 amide bonds. The Kier molecular flexibility index (Phi) is 5.02. The van der Waals surface area contributed by atoms with Crippen LogP contribution < -0.4 is 19.5 Å². The van der Waals surface area contributed by atoms with Crippen LogP contribution in [-0.2, 0) is 0 Å². The molecule has 0 aliphatic carbocycles. The summed E-state index contributed by atoms with van der Waals surface area (Å²) in [7, 11) is 4.51. The SMILES string of the molecule is COc1cccc(-c2nnc(NC(=O)c3c(OC)cccc3OC)o2)c1. The number of benzene rings is 2. The second-order valence-corrected chi connectivity index (χ2v) is 5.14. The van der Waals surface area contributed by atoms with Gasteiger partial charge in [0.05, 0.1) is 21.3 Å². The lowest BCUT2D eigenvalue weighted by atomic mass is 10.1. The molecular formula is C18H17N3O5. The summed E-state index contributed by atoms with van der Waals surface area (Å²) in [5, 5.41) is 10.4. The Hall–Kier alpha value is -3.55. The summed E-state index contributed by atoms with van der Waals surface area (Å²) >= 11 is 0. The van der Waals surface area contributed by atoms with Gasteiger partial charge in [-0.05, 0) is 30.3 Å². The fraction of sp³-hybridized carbons (Fsp3) is 0.167. The predicted molar refractivity (Wildman–Crippen MR) is 93.8 cm³/mol. The van der Waals surface area contributed by atoms with Gasteiger partial charge in [0.1, 0.15) is 22.8 Å². The fourth-order valence-corrected chi connectivity index (χ4v) is 2.38. The van der Waals surface area contributed by atoms with Crippen molar-refractivity contribution in [3.05, 3.63) is 48.0 Å². The molecule has 8 nitrogen and oxygen atoms in total. The molecule has 0 aliphatic heterocycles. The zero-order valence-corrected chi connectivity index (χ0v) is 14.5. The van der Waals surface area contributed by atoms with Crippen LogP contribution in [-0.4, -0.2) is 37.4 Å². The lowest BCUT2D eigenvalue weighted by molar-refractivity contribution is 0.101. The van der Waals surface area contributed by atoms with Crippen LogP contribution in [0.2, 0.25) is 0 Å². The smallest absolute Gasteiger partial charge is 0.322 e. The van der Waals surface area contributed by atoms with Crippen molar-refractivity contribution in [3.8, 4) is 28.7 Å². The van der Waals surface area contributed by atoms with Crippen LogP contribution in [0.4, 0.5) is 6.01 Å². The maximum absolute atomic E-state index is 12.6. The van der Waals surface area contributed by atoms with E-state index in [1.54, 1.807) is 49.6 Å². The van der Waals surface area contributed by atoms with E-state index in [2.05, 4.69) is 15.5 Å². The van der Waals surface area contributed by atoms with Gasteiger partial charge in [-0.1, -0.05) is 17.2 Å². The van der Waals surface area contributed by atoms with Crippen molar-refractivity contribution >= 4 is 11.9 Å². The van der Waals surface area contributed by atoms with Crippen molar-refractivity contribution in [1.82, 2.24) is 10.2 Å². The molecule has 2 aromatic carbocycles. The van der Waals surface area contributed by atoms with Crippen molar-refractivity contribution in [2.45, 2.75) is 0 Å². The highest BCUT2D eigenvalue weighted by Crippen LogP contribution is 2.29. The Morgan fingerprint density at radius 2 is 1.65 bits per heavy atom. The minimum absolute atomic E-state index is 0.0409. The zero-order valence-electron chi connectivity index (χ0n) is 14.5. The number of hydrogen-bond acceptors (Lipinski definition) is 7. The molecule has 0 saturated heterocycles. The monoisotopic (exact) mass is 355 g/mol. The number of ether oxygens (including phenoxy) is 3. The van der Waals surface area contributed by atoms with Crippen LogP contribution in [0.5, 0.6) is 17.2 Å². The molecular weight excluding hydrogens is 338 g/mol. The molecule has 3 aromatic rings. The normalized spacial score (nSPS) is 10.3. The summed E-state index contributed by atoms with van der Waals surface area (Å²) in [5.41, 5.74) is 0.908. The summed E-state index contributed by atoms with van der Waals surface area (Å²) in [5.74, 6) is 1.17. The molecule has 26 heavy (non-hydrogen) atoms. The van der Waals surface area contributed by atoms with E-state index < -0.39 is 5.91 Å². The summed E-state index contributed by atoms with van der Waals surface area (Å²) in [6.45, 7) is 0. The number of rotatable bonds is 6. The molecule has 0 unspecified atom stereocenters. The van der Waals surface area contributed by atoms with Crippen LogP contribution in [0, 0.1) is 0 Å². The van der Waals surface area contributed by atoms with E-state index in [0.29, 0.717) is 22.8 Å². The molecule has 3 rings (SSSR count). The van der Waals surface area contributed by atoms with Gasteiger partial charge in [0.15, 0.2) is 0 Å². The summed E-state index contributed by atoms with van der Waals surface area (Å²) in [6, 6.07) is 12.2. The first-order valence-electron chi connectivity index (χ1n) is 7.66. The Morgan fingerprint density at radius 1 is 0.962 bits per heavy atom. The predicted octanol–water partition coefficient (Wildman–Crippen LogP) is 3.01. The van der Waals surface area contributed by atoms with E-state index in [1.165, 1.54) is 14.2 Å². The number of amides is 1. The van der Waals surface area contributed by atoms with E-state index in [-0.39, 0.29) is 17.5 Å². The lowest BCUT2D eigenvalue weighted by Crippen LogP contribution is -2.14. The van der Waals surface area contributed by atoms with Gasteiger partial charge in [-0.3, -0.25) is 10.1 Å². The van der Waals surface area contributed by atoms with Gasteiger partial charge in [0.25, 0.3) is 5.91 Å². The quantitative estimate of drug-likeness (QED) is 0.726. The number of nitrogens with zero attached hydrogens (tertiary/aromatic N) is 2. The summed E-state index contributed by atoms with van der Waals surface area (Å²) < 4.78 is 21.1. The Bertz CT molecular complexity index is 900. The highest BCUT2D eigenvalue weighted by atomic mass is 16.5. The first-order valence-corrected chi connectivity index (χ1v) is 7.66. The highest BCUT2D eigenvalue weighted by molar-refractivity contribution is 6.07. The number of carbonyl (C=O) groups excluding carboxylic acids is 1. The third-order valence-corrected chi connectivity index (χ3v) is 3.62. The van der Waals surface area contributed by atoms with Gasteiger partial charge < -0.3 is 18.6 Å². The number of aromatic nitrogens is 2. The summed E-state index contributed by atoms with van der Waals surface area (Å²) in [4.78, 5) is 12.6. The number of hydrogen-bond donors (Lipinski definition) is 1. The van der Waals surface area contributed by atoms with Crippen molar-refractivity contribution in [1.29, 1.82) is 0 Å². The van der Waals surface area contributed by atoms with Crippen molar-refractivity contribution in [2.75, 3.05) is 26.6 Å². The lowest BCUT2D eigenvalue weighted by Gasteiger charge is -2.11. The first kappa shape index (κ1) is 17.3. The Balaban J connectivity index is 1.84. The molecule has 0 aliphatic rings. The maximum Gasteiger partial charge on any atom is 0.322 e. The molecule has 0 bridgehead atoms. The number of carbonyl (C=O) groups is 1. The Labute approximate surface area is 149 Å². The van der Waals surface area contributed by atoms with Gasteiger partial charge >= 0.3 is 6.01 Å². The molecule has 134 valence electrons. The number of methoxy groups -OCH3 is 3. The van der Waals surface area contributed by atoms with Crippen LogP contribution in [0.3, 0.4) is 0 Å². The van der Waals surface area contributed by atoms with E-state index in [4.69, 9.17) is 18.6 Å². The third-order valence-electron chi connectivity index (χ3n) is 3.62. The molecule has 0 fully saturated rings. The minimum Gasteiger partial charge on any atom is -0.497 e. The topological polar surface area (TPSA) is 95.7 Å². The van der Waals surface area contributed by atoms with Gasteiger partial charge in [0.2, 0.25) is 5.89 Å². The molecule has 0 atom stereocenters. The third kappa shape index (κ3) is 3.44. The van der Waals surface area contributed by atoms with Crippen molar-refractivity contribution < 1.29 is 23.4 Å². The standard InChI is InChI=1S/C18H17N3O5/c1-23-12-7-4-6-11(10-12)17-20-21-18(26-17)19-16(22)15-13(24-2)8-5-9-14(15)25-3/h4-10H,1-3H3,(H,19,21,22). The maximum atomic E-state index is 12.6. The highest BCUT2D eigenvalue weighted by Gasteiger charge is 2.20. The van der Waals surface area contributed by atoms with E-state index in [9.17, 15) is 4.79 Å². The van der Waals surface area contributed by atoms with Crippen LogP contribution in [0.25, 0.3) is 11.5 Å². The van der Waals surface area contributed by atoms with E-state index >= 15 is 0 Å². The average molecular weight is 355 g/mol. The van der Waals surface area contributed by atoms with Gasteiger partial charge in [0, 0.05) is 5.56 Å². The van der Waals surface area contributed by atoms with Gasteiger partial charge in [-0.2, -0.15) is 0 Å². The van der Waals surface area contributed by atoms with E-state index in [0.717, 1.165) is 0 Å². The summed E-state index contributed by atoms with van der Waals surface area (Å²) in [6.07, 6.45) is 0.